The van der Waals surface area contributed by atoms with Crippen LogP contribution in [0.2, 0.25) is 0 Å². The predicted molar refractivity (Wildman–Crippen MR) is 135 cm³/mol. The van der Waals surface area contributed by atoms with Gasteiger partial charge in [0, 0.05) is 24.6 Å². The molecule has 180 valence electrons. The van der Waals surface area contributed by atoms with Crippen LogP contribution >= 0.6 is 22.6 Å². The Balaban J connectivity index is 1.95. The second-order valence-corrected chi connectivity index (χ2v) is 9.60. The Hall–Kier alpha value is -1.91. The SMILES string of the molecule is CCC=CC(=O)N(C1CCCC1)C1CC(C(=O)NCCO)=CC(Oc2ccccc2I)C1O. The number of carbonyl (C=O) groups excluding carboxylic acids is 2. The van der Waals surface area contributed by atoms with Crippen LogP contribution in [0.25, 0.3) is 0 Å². The summed E-state index contributed by atoms with van der Waals surface area (Å²) in [6, 6.07) is 6.92. The van der Waals surface area contributed by atoms with Gasteiger partial charge in [-0.15, -0.1) is 0 Å². The van der Waals surface area contributed by atoms with Crippen LogP contribution in [0.4, 0.5) is 0 Å². The number of nitrogens with one attached hydrogen (secondary N) is 1. The molecule has 3 atom stereocenters. The number of nitrogens with zero attached hydrogens (tertiary/aromatic N) is 1. The van der Waals surface area contributed by atoms with Crippen molar-refractivity contribution in [1.29, 1.82) is 0 Å². The van der Waals surface area contributed by atoms with Crippen molar-refractivity contribution in [3.8, 4) is 5.75 Å². The number of rotatable bonds is 9. The molecule has 0 heterocycles. The second-order valence-electron chi connectivity index (χ2n) is 8.44. The van der Waals surface area contributed by atoms with Crippen molar-refractivity contribution in [1.82, 2.24) is 10.2 Å². The van der Waals surface area contributed by atoms with Crippen LogP contribution in [0.3, 0.4) is 0 Å². The highest BCUT2D eigenvalue weighted by atomic mass is 127. The summed E-state index contributed by atoms with van der Waals surface area (Å²) in [7, 11) is 0. The van der Waals surface area contributed by atoms with Crippen LogP contribution in [0.1, 0.15) is 45.4 Å². The zero-order valence-electron chi connectivity index (χ0n) is 19.0. The number of aliphatic hydroxyl groups is 2. The van der Waals surface area contributed by atoms with E-state index in [1.165, 1.54) is 0 Å². The van der Waals surface area contributed by atoms with Gasteiger partial charge in [-0.2, -0.15) is 0 Å². The van der Waals surface area contributed by atoms with Crippen molar-refractivity contribution in [2.45, 2.75) is 69.7 Å². The molecule has 0 aliphatic heterocycles. The maximum atomic E-state index is 13.2. The van der Waals surface area contributed by atoms with Crippen LogP contribution in [0.15, 0.2) is 48.1 Å². The van der Waals surface area contributed by atoms with E-state index in [1.807, 2.05) is 37.3 Å². The van der Waals surface area contributed by atoms with Gasteiger partial charge >= 0.3 is 0 Å². The summed E-state index contributed by atoms with van der Waals surface area (Å²) < 4.78 is 7.06. The van der Waals surface area contributed by atoms with E-state index >= 15 is 0 Å². The summed E-state index contributed by atoms with van der Waals surface area (Å²) in [6.45, 7) is 1.94. The van der Waals surface area contributed by atoms with E-state index < -0.39 is 18.2 Å². The third-order valence-corrected chi connectivity index (χ3v) is 7.03. The first-order valence-corrected chi connectivity index (χ1v) is 12.7. The van der Waals surface area contributed by atoms with Gasteiger partial charge in [-0.05, 0) is 66.1 Å². The molecule has 7 nitrogen and oxygen atoms in total. The van der Waals surface area contributed by atoms with Crippen molar-refractivity contribution in [3.05, 3.63) is 51.6 Å². The van der Waals surface area contributed by atoms with E-state index in [0.29, 0.717) is 11.3 Å². The van der Waals surface area contributed by atoms with Gasteiger partial charge < -0.3 is 25.2 Å². The van der Waals surface area contributed by atoms with E-state index in [0.717, 1.165) is 35.7 Å². The molecule has 2 aliphatic carbocycles. The monoisotopic (exact) mass is 568 g/mol. The third kappa shape index (κ3) is 6.58. The molecule has 0 aromatic heterocycles. The number of amides is 2. The molecule has 2 amide bonds. The molecule has 1 fully saturated rings. The first kappa shape index (κ1) is 25.7. The first-order chi connectivity index (χ1) is 16.0. The van der Waals surface area contributed by atoms with Crippen LogP contribution in [0.5, 0.6) is 5.75 Å². The quantitative estimate of drug-likeness (QED) is 0.315. The fraction of sp³-hybridized carbons (Fsp3) is 0.520. The number of hydrogen-bond donors (Lipinski definition) is 3. The summed E-state index contributed by atoms with van der Waals surface area (Å²) in [5, 5.41) is 23.2. The number of benzene rings is 1. The number of aliphatic hydroxyl groups excluding tert-OH is 2. The van der Waals surface area contributed by atoms with Crippen LogP contribution in [-0.2, 0) is 9.59 Å². The molecule has 3 N–H and O–H groups in total. The fourth-order valence-electron chi connectivity index (χ4n) is 4.54. The third-order valence-electron chi connectivity index (χ3n) is 6.14. The lowest BCUT2D eigenvalue weighted by atomic mass is 9.87. The van der Waals surface area contributed by atoms with Gasteiger partial charge in [-0.1, -0.05) is 38.0 Å². The van der Waals surface area contributed by atoms with Crippen molar-refractivity contribution >= 4 is 34.4 Å². The molecule has 3 unspecified atom stereocenters. The summed E-state index contributed by atoms with van der Waals surface area (Å²) in [4.78, 5) is 27.8. The average Bonchev–Trinajstić information content (AvgIpc) is 3.34. The van der Waals surface area contributed by atoms with Crippen LogP contribution in [-0.4, -0.2) is 64.4 Å². The van der Waals surface area contributed by atoms with E-state index in [1.54, 1.807) is 17.1 Å². The highest BCUT2D eigenvalue weighted by molar-refractivity contribution is 14.1. The van der Waals surface area contributed by atoms with Gasteiger partial charge in [0.1, 0.15) is 18.0 Å². The predicted octanol–water partition coefficient (Wildman–Crippen LogP) is 2.94. The van der Waals surface area contributed by atoms with Gasteiger partial charge in [0.25, 0.3) is 0 Å². The molecule has 3 rings (SSSR count). The summed E-state index contributed by atoms with van der Waals surface area (Å²) in [5.74, 6) is 0.150. The molecule has 1 aromatic carbocycles. The van der Waals surface area contributed by atoms with Gasteiger partial charge in [0.2, 0.25) is 11.8 Å². The minimum atomic E-state index is -0.991. The lowest BCUT2D eigenvalue weighted by Gasteiger charge is -2.43. The Bertz CT molecular complexity index is 881. The topological polar surface area (TPSA) is 99.1 Å². The number of ether oxygens (including phenoxy) is 1. The molecule has 1 aromatic rings. The van der Waals surface area contributed by atoms with E-state index in [9.17, 15) is 14.7 Å². The lowest BCUT2D eigenvalue weighted by molar-refractivity contribution is -0.136. The Morgan fingerprint density at radius 3 is 2.67 bits per heavy atom. The van der Waals surface area contributed by atoms with E-state index in [2.05, 4.69) is 27.9 Å². The summed E-state index contributed by atoms with van der Waals surface area (Å²) in [5.41, 5.74) is 0.449. The Morgan fingerprint density at radius 2 is 2.00 bits per heavy atom. The average molecular weight is 568 g/mol. The standard InChI is InChI=1S/C25H33IN2O5/c1-2-3-12-23(30)28(18-8-4-5-9-18)20-15-17(25(32)27-13-14-29)16-22(24(20)31)33-21-11-7-6-10-19(21)26/h3,6-7,10-12,16,18,20,22,24,29,31H,2,4-5,8-9,13-15H2,1H3,(H,27,32). The van der Waals surface area contributed by atoms with Crippen LogP contribution in [0, 0.1) is 3.57 Å². The fourth-order valence-corrected chi connectivity index (χ4v) is 5.05. The van der Waals surface area contributed by atoms with Crippen LogP contribution < -0.4 is 10.1 Å². The Morgan fingerprint density at radius 1 is 1.27 bits per heavy atom. The van der Waals surface area contributed by atoms with Gasteiger partial charge in [-0.25, -0.2) is 0 Å². The molecule has 2 aliphatic rings. The second kappa shape index (κ2) is 12.5. The normalized spacial score (nSPS) is 23.4. The zero-order valence-corrected chi connectivity index (χ0v) is 21.1. The molecule has 0 saturated heterocycles. The number of para-hydroxylation sites is 1. The van der Waals surface area contributed by atoms with Crippen molar-refractivity contribution < 1.29 is 24.5 Å². The van der Waals surface area contributed by atoms with Crippen molar-refractivity contribution in [2.75, 3.05) is 13.2 Å². The Kier molecular flexibility index (Phi) is 9.76. The highest BCUT2D eigenvalue weighted by Gasteiger charge is 2.43. The molecule has 8 heteroatoms. The van der Waals surface area contributed by atoms with Crippen molar-refractivity contribution in [2.24, 2.45) is 0 Å². The van der Waals surface area contributed by atoms with E-state index in [4.69, 9.17) is 9.84 Å². The minimum absolute atomic E-state index is 0.0241. The number of halogens is 1. The van der Waals surface area contributed by atoms with Gasteiger partial charge in [0.05, 0.1) is 16.2 Å². The smallest absolute Gasteiger partial charge is 0.247 e. The van der Waals surface area contributed by atoms with Gasteiger partial charge in [-0.3, -0.25) is 9.59 Å². The minimum Gasteiger partial charge on any atom is -0.482 e. The van der Waals surface area contributed by atoms with Crippen molar-refractivity contribution in [3.63, 3.8) is 0 Å². The number of carbonyl (C=O) groups is 2. The molecule has 0 radical (unpaired) electrons. The maximum absolute atomic E-state index is 13.2. The largest absolute Gasteiger partial charge is 0.482 e. The summed E-state index contributed by atoms with van der Waals surface area (Å²) >= 11 is 2.17. The molecular formula is C25H33IN2O5. The molecule has 0 bridgehead atoms. The molecule has 0 spiro atoms. The first-order valence-electron chi connectivity index (χ1n) is 11.6. The van der Waals surface area contributed by atoms with E-state index in [-0.39, 0.29) is 37.4 Å². The number of allylic oxidation sites excluding steroid dienone is 1. The highest BCUT2D eigenvalue weighted by Crippen LogP contribution is 2.34. The maximum Gasteiger partial charge on any atom is 0.247 e. The summed E-state index contributed by atoms with van der Waals surface area (Å²) in [6.07, 6.45) is 8.08. The molecule has 33 heavy (non-hydrogen) atoms. The lowest BCUT2D eigenvalue weighted by Crippen LogP contribution is -2.57. The van der Waals surface area contributed by atoms with Gasteiger partial charge in [0.15, 0.2) is 0 Å². The number of hydrogen-bond acceptors (Lipinski definition) is 5. The molecule has 1 saturated carbocycles. The zero-order chi connectivity index (χ0) is 23.8. The molecular weight excluding hydrogens is 535 g/mol. The Labute approximate surface area is 209 Å².